The third-order valence-electron chi connectivity index (χ3n) is 2.66. The van der Waals surface area contributed by atoms with Crippen molar-refractivity contribution in [1.29, 1.82) is 0 Å². The van der Waals surface area contributed by atoms with Crippen molar-refractivity contribution in [2.45, 2.75) is 39.0 Å². The van der Waals surface area contributed by atoms with Crippen LogP contribution in [-0.4, -0.2) is 13.1 Å². The van der Waals surface area contributed by atoms with Gasteiger partial charge in [0.15, 0.2) is 0 Å². The number of thiophene rings is 1. The molecular weight excluding hydrogens is 190 g/mol. The molecule has 0 aromatic carbocycles. The fourth-order valence-electron chi connectivity index (χ4n) is 1.50. The molecule has 80 valence electrons. The van der Waals surface area contributed by atoms with Gasteiger partial charge in [-0.05, 0) is 53.7 Å². The van der Waals surface area contributed by atoms with E-state index in [0.29, 0.717) is 5.41 Å². The Kier molecular flexibility index (Phi) is 4.63. The van der Waals surface area contributed by atoms with Crippen molar-refractivity contribution in [1.82, 2.24) is 5.32 Å². The highest BCUT2D eigenvalue weighted by Gasteiger charge is 2.19. The number of hydrogen-bond acceptors (Lipinski definition) is 2. The molecule has 0 aliphatic rings. The van der Waals surface area contributed by atoms with Crippen molar-refractivity contribution in [3.8, 4) is 0 Å². The van der Waals surface area contributed by atoms with Crippen LogP contribution in [0.1, 0.15) is 39.2 Å². The Bertz CT molecular complexity index is 239. The quantitative estimate of drug-likeness (QED) is 0.711. The van der Waals surface area contributed by atoms with E-state index < -0.39 is 0 Å². The van der Waals surface area contributed by atoms with Gasteiger partial charge in [0.25, 0.3) is 0 Å². The normalized spacial score (nSPS) is 11.9. The van der Waals surface area contributed by atoms with Crippen molar-refractivity contribution in [3.63, 3.8) is 0 Å². The highest BCUT2D eigenvalue weighted by molar-refractivity contribution is 7.08. The second kappa shape index (κ2) is 5.52. The van der Waals surface area contributed by atoms with E-state index in [1.165, 1.54) is 18.4 Å². The van der Waals surface area contributed by atoms with Crippen molar-refractivity contribution in [3.05, 3.63) is 22.4 Å². The van der Waals surface area contributed by atoms with E-state index in [2.05, 4.69) is 42.9 Å². The summed E-state index contributed by atoms with van der Waals surface area (Å²) in [6, 6.07) is 2.24. The molecule has 1 aromatic heterocycles. The fourth-order valence-corrected chi connectivity index (χ4v) is 2.34. The monoisotopic (exact) mass is 211 g/mol. The molecule has 1 rings (SSSR count). The van der Waals surface area contributed by atoms with Gasteiger partial charge in [-0.2, -0.15) is 11.3 Å². The summed E-state index contributed by atoms with van der Waals surface area (Å²) in [6.07, 6.45) is 2.43. The second-order valence-electron chi connectivity index (χ2n) is 4.40. The molecule has 0 saturated heterocycles. The molecule has 0 radical (unpaired) electrons. The predicted octanol–water partition coefficient (Wildman–Crippen LogP) is 3.42. The Hall–Kier alpha value is -0.340. The van der Waals surface area contributed by atoms with Crippen molar-refractivity contribution in [2.24, 2.45) is 0 Å². The molecule has 1 aromatic rings. The Morgan fingerprint density at radius 3 is 2.71 bits per heavy atom. The molecule has 1 heterocycles. The van der Waals surface area contributed by atoms with E-state index in [9.17, 15) is 0 Å². The van der Waals surface area contributed by atoms with Crippen LogP contribution >= 0.6 is 11.3 Å². The minimum absolute atomic E-state index is 0.320. The van der Waals surface area contributed by atoms with Gasteiger partial charge in [-0.3, -0.25) is 0 Å². The molecule has 1 nitrogen and oxygen atoms in total. The average Bonchev–Trinajstić information content (AvgIpc) is 2.65. The predicted molar refractivity (Wildman–Crippen MR) is 65.1 cm³/mol. The van der Waals surface area contributed by atoms with Crippen LogP contribution in [0.25, 0.3) is 0 Å². The van der Waals surface area contributed by atoms with Crippen LogP contribution in [0.3, 0.4) is 0 Å². The first-order chi connectivity index (χ1) is 6.67. The zero-order valence-corrected chi connectivity index (χ0v) is 10.3. The Morgan fingerprint density at radius 1 is 1.36 bits per heavy atom. The van der Waals surface area contributed by atoms with Crippen molar-refractivity contribution in [2.75, 3.05) is 13.1 Å². The molecule has 0 bridgehead atoms. The van der Waals surface area contributed by atoms with Crippen LogP contribution in [-0.2, 0) is 5.41 Å². The first-order valence-corrected chi connectivity index (χ1v) is 6.34. The molecule has 0 aliphatic heterocycles. The summed E-state index contributed by atoms with van der Waals surface area (Å²) in [4.78, 5) is 0. The summed E-state index contributed by atoms with van der Waals surface area (Å²) in [5.41, 5.74) is 1.79. The SMILES string of the molecule is CCCNCCC(C)(C)c1ccsc1. The molecule has 2 heteroatoms. The first kappa shape index (κ1) is 11.7. The van der Waals surface area contributed by atoms with Gasteiger partial charge in [0.1, 0.15) is 0 Å². The zero-order chi connectivity index (χ0) is 10.4. The minimum atomic E-state index is 0.320. The topological polar surface area (TPSA) is 12.0 Å². The molecule has 0 spiro atoms. The number of rotatable bonds is 6. The van der Waals surface area contributed by atoms with Crippen molar-refractivity contribution >= 4 is 11.3 Å². The van der Waals surface area contributed by atoms with Crippen LogP contribution in [0.2, 0.25) is 0 Å². The average molecular weight is 211 g/mol. The van der Waals surface area contributed by atoms with Gasteiger partial charge >= 0.3 is 0 Å². The van der Waals surface area contributed by atoms with Gasteiger partial charge in [-0.1, -0.05) is 20.8 Å². The smallest absolute Gasteiger partial charge is 0.00406 e. The lowest BCUT2D eigenvalue weighted by atomic mass is 9.83. The summed E-state index contributed by atoms with van der Waals surface area (Å²) >= 11 is 1.79. The van der Waals surface area contributed by atoms with Crippen LogP contribution < -0.4 is 5.32 Å². The van der Waals surface area contributed by atoms with Gasteiger partial charge in [0.05, 0.1) is 0 Å². The second-order valence-corrected chi connectivity index (χ2v) is 5.18. The van der Waals surface area contributed by atoms with E-state index in [0.717, 1.165) is 13.1 Å². The molecule has 0 fully saturated rings. The number of hydrogen-bond donors (Lipinski definition) is 1. The third-order valence-corrected chi connectivity index (χ3v) is 3.34. The van der Waals surface area contributed by atoms with Crippen LogP contribution in [0.15, 0.2) is 16.8 Å². The standard InChI is InChI=1S/C12H21NS/c1-4-7-13-8-6-12(2,3)11-5-9-14-10-11/h5,9-10,13H,4,6-8H2,1-3H3. The Morgan fingerprint density at radius 2 is 2.14 bits per heavy atom. The van der Waals surface area contributed by atoms with Crippen LogP contribution in [0.4, 0.5) is 0 Å². The molecular formula is C12H21NS. The van der Waals surface area contributed by atoms with E-state index in [1.807, 2.05) is 0 Å². The highest BCUT2D eigenvalue weighted by Crippen LogP contribution is 2.28. The largest absolute Gasteiger partial charge is 0.317 e. The molecule has 0 atom stereocenters. The first-order valence-electron chi connectivity index (χ1n) is 5.40. The van der Waals surface area contributed by atoms with Gasteiger partial charge in [0.2, 0.25) is 0 Å². The fraction of sp³-hybridized carbons (Fsp3) is 0.667. The number of nitrogens with one attached hydrogen (secondary N) is 1. The lowest BCUT2D eigenvalue weighted by molar-refractivity contribution is 0.458. The maximum atomic E-state index is 3.46. The van der Waals surface area contributed by atoms with Gasteiger partial charge in [-0.15, -0.1) is 0 Å². The van der Waals surface area contributed by atoms with E-state index in [4.69, 9.17) is 0 Å². The van der Waals surface area contributed by atoms with Gasteiger partial charge < -0.3 is 5.32 Å². The molecule has 0 aliphatic carbocycles. The van der Waals surface area contributed by atoms with Gasteiger partial charge in [0, 0.05) is 0 Å². The summed E-state index contributed by atoms with van der Waals surface area (Å²) in [6.45, 7) is 9.11. The highest BCUT2D eigenvalue weighted by atomic mass is 32.1. The summed E-state index contributed by atoms with van der Waals surface area (Å²) < 4.78 is 0. The maximum absolute atomic E-state index is 3.46. The van der Waals surface area contributed by atoms with Crippen LogP contribution in [0, 0.1) is 0 Å². The molecule has 0 unspecified atom stereocenters. The lowest BCUT2D eigenvalue weighted by Crippen LogP contribution is -2.25. The maximum Gasteiger partial charge on any atom is -0.00406 e. The van der Waals surface area contributed by atoms with E-state index >= 15 is 0 Å². The van der Waals surface area contributed by atoms with Crippen molar-refractivity contribution < 1.29 is 0 Å². The van der Waals surface area contributed by atoms with E-state index in [-0.39, 0.29) is 0 Å². The molecule has 0 amide bonds. The summed E-state index contributed by atoms with van der Waals surface area (Å²) in [5.74, 6) is 0. The zero-order valence-electron chi connectivity index (χ0n) is 9.47. The minimum Gasteiger partial charge on any atom is -0.317 e. The molecule has 14 heavy (non-hydrogen) atoms. The summed E-state index contributed by atoms with van der Waals surface area (Å²) in [7, 11) is 0. The third kappa shape index (κ3) is 3.43. The molecule has 0 saturated carbocycles. The lowest BCUT2D eigenvalue weighted by Gasteiger charge is -2.23. The molecule has 1 N–H and O–H groups in total. The Labute approximate surface area is 91.5 Å². The summed E-state index contributed by atoms with van der Waals surface area (Å²) in [5, 5.41) is 7.88. The van der Waals surface area contributed by atoms with E-state index in [1.54, 1.807) is 11.3 Å². The van der Waals surface area contributed by atoms with Crippen LogP contribution in [0.5, 0.6) is 0 Å². The Balaban J connectivity index is 2.35. The van der Waals surface area contributed by atoms with Gasteiger partial charge in [-0.25, -0.2) is 0 Å².